The molecule has 0 radical (unpaired) electrons. The van der Waals surface area contributed by atoms with E-state index in [4.69, 9.17) is 8.22 Å². The highest BCUT2D eigenvalue weighted by molar-refractivity contribution is 5.65. The monoisotopic (exact) mass is 218 g/mol. The summed E-state index contributed by atoms with van der Waals surface area (Å²) < 4.78 is 47.7. The number of pyridine rings is 1. The first-order valence-corrected chi connectivity index (χ1v) is 5.13. The van der Waals surface area contributed by atoms with Crippen LogP contribution in [0.2, 0.25) is 0 Å². The third-order valence-electron chi connectivity index (χ3n) is 2.77. The molecule has 0 aliphatic rings. The van der Waals surface area contributed by atoms with Crippen LogP contribution in [0.15, 0.2) is 36.5 Å². The van der Waals surface area contributed by atoms with Crippen molar-refractivity contribution < 1.29 is 12.8 Å². The van der Waals surface area contributed by atoms with Gasteiger partial charge in [0.1, 0.15) is 7.05 Å². The minimum atomic E-state index is -2.27. The van der Waals surface area contributed by atoms with Crippen molar-refractivity contribution in [1.82, 2.24) is 0 Å². The molecule has 0 unspecified atom stereocenters. The number of aryl methyl sites for hydroxylation is 3. The van der Waals surface area contributed by atoms with Gasteiger partial charge in [0.25, 0.3) is 0 Å². The van der Waals surface area contributed by atoms with Crippen LogP contribution in [-0.4, -0.2) is 0 Å². The molecule has 0 aliphatic heterocycles. The van der Waals surface area contributed by atoms with Gasteiger partial charge in [0.05, 0.1) is 0 Å². The van der Waals surface area contributed by atoms with E-state index in [1.54, 1.807) is 55.1 Å². The van der Waals surface area contributed by atoms with Gasteiger partial charge in [-0.15, -0.1) is 0 Å². The molecular weight excluding hydrogens is 194 g/mol. The average molecular weight is 218 g/mol. The van der Waals surface area contributed by atoms with Gasteiger partial charge < -0.3 is 0 Å². The zero-order chi connectivity index (χ0) is 16.7. The van der Waals surface area contributed by atoms with E-state index >= 15 is 0 Å². The van der Waals surface area contributed by atoms with Gasteiger partial charge in [0.2, 0.25) is 5.69 Å². The summed E-state index contributed by atoms with van der Waals surface area (Å²) in [6.07, 6.45) is 1.76. The van der Waals surface area contributed by atoms with Gasteiger partial charge in [0, 0.05) is 25.4 Å². The molecule has 0 N–H and O–H groups in total. The zero-order valence-electron chi connectivity index (χ0n) is 15.4. The van der Waals surface area contributed by atoms with Crippen molar-refractivity contribution in [1.29, 1.82) is 0 Å². The Morgan fingerprint density at radius 1 is 1.06 bits per heavy atom. The first-order valence-electron chi connectivity index (χ1n) is 8.13. The van der Waals surface area contributed by atoms with Gasteiger partial charge in [-0.05, 0) is 43.9 Å². The van der Waals surface area contributed by atoms with Crippen LogP contribution in [-0.2, 0) is 7.05 Å². The molecular formula is C15H18N+. The van der Waals surface area contributed by atoms with E-state index in [9.17, 15) is 0 Å². The smallest absolute Gasteiger partial charge is 0.201 e. The van der Waals surface area contributed by atoms with E-state index < -0.39 is 13.7 Å². The second-order valence-electron chi connectivity index (χ2n) is 3.86. The van der Waals surface area contributed by atoms with Crippen LogP contribution in [0.3, 0.4) is 0 Å². The summed E-state index contributed by atoms with van der Waals surface area (Å²) in [5, 5.41) is 0. The Morgan fingerprint density at radius 3 is 2.56 bits per heavy atom. The molecule has 0 saturated carbocycles. The normalized spacial score (nSPS) is 17.6. The summed E-state index contributed by atoms with van der Waals surface area (Å²) in [6, 6.07) is 8.21. The van der Waals surface area contributed by atoms with Gasteiger partial charge >= 0.3 is 0 Å². The number of benzene rings is 1. The molecule has 2 aromatic rings. The van der Waals surface area contributed by atoms with E-state index in [2.05, 4.69) is 0 Å². The maximum absolute atomic E-state index is 7.72. The van der Waals surface area contributed by atoms with E-state index in [0.29, 0.717) is 16.8 Å². The van der Waals surface area contributed by atoms with Crippen molar-refractivity contribution in [2.24, 2.45) is 7.05 Å². The van der Waals surface area contributed by atoms with Gasteiger partial charge in [-0.3, -0.25) is 0 Å². The first-order chi connectivity index (χ1) is 10.0. The maximum Gasteiger partial charge on any atom is 0.215 e. The van der Waals surface area contributed by atoms with E-state index in [-0.39, 0.29) is 11.1 Å². The predicted molar refractivity (Wildman–Crippen MR) is 67.3 cm³/mol. The Kier molecular flexibility index (Phi) is 1.44. The lowest BCUT2D eigenvalue weighted by Gasteiger charge is -2.08. The van der Waals surface area contributed by atoms with Gasteiger partial charge in [-0.1, -0.05) is 12.1 Å². The van der Waals surface area contributed by atoms with Crippen molar-refractivity contribution in [3.63, 3.8) is 0 Å². The number of hydrogen-bond donors (Lipinski definition) is 0. The highest BCUT2D eigenvalue weighted by Gasteiger charge is 2.15. The van der Waals surface area contributed by atoms with Crippen LogP contribution in [0.1, 0.15) is 24.9 Å². The predicted octanol–water partition coefficient (Wildman–Crippen LogP) is 3.10. The van der Waals surface area contributed by atoms with Crippen molar-refractivity contribution >= 4 is 0 Å². The second kappa shape index (κ2) is 4.09. The fraction of sp³-hybridized carbons (Fsp3) is 0.267. The first kappa shape index (κ1) is 5.62. The topological polar surface area (TPSA) is 3.88 Å². The summed E-state index contributed by atoms with van der Waals surface area (Å²) in [4.78, 5) is 0. The molecule has 0 fully saturated rings. The summed E-state index contributed by atoms with van der Waals surface area (Å²) >= 11 is 0. The van der Waals surface area contributed by atoms with Crippen LogP contribution in [0, 0.1) is 20.6 Å². The maximum atomic E-state index is 7.72. The molecule has 82 valence electrons. The fourth-order valence-corrected chi connectivity index (χ4v) is 1.84. The standard InChI is InChI=1S/C15H18N/c1-11-7-5-9-14(13(11)3)15-12(2)8-6-10-16(15)4/h5-10H,1-4H3/q+1/i1D3,2D3. The number of hydrogen-bond acceptors (Lipinski definition) is 0. The van der Waals surface area contributed by atoms with Crippen molar-refractivity contribution in [3.8, 4) is 11.3 Å². The number of rotatable bonds is 1. The molecule has 0 saturated heterocycles. The molecule has 1 heteroatoms. The van der Waals surface area contributed by atoms with Crippen molar-refractivity contribution in [3.05, 3.63) is 53.2 Å². The van der Waals surface area contributed by atoms with Crippen LogP contribution >= 0.6 is 0 Å². The van der Waals surface area contributed by atoms with Crippen LogP contribution in [0.25, 0.3) is 11.3 Å². The highest BCUT2D eigenvalue weighted by atomic mass is 14.9. The summed E-state index contributed by atoms with van der Waals surface area (Å²) in [5.74, 6) is 0. The molecule has 1 aromatic heterocycles. The Balaban J connectivity index is 2.79. The number of aromatic nitrogens is 1. The molecule has 2 rings (SSSR count). The molecule has 0 spiro atoms. The van der Waals surface area contributed by atoms with E-state index in [1.165, 1.54) is 0 Å². The summed E-state index contributed by atoms with van der Waals surface area (Å²) in [5.41, 5.74) is 2.18. The highest BCUT2D eigenvalue weighted by Crippen LogP contribution is 2.24. The number of nitrogens with zero attached hydrogens (tertiary/aromatic N) is 1. The van der Waals surface area contributed by atoms with Gasteiger partial charge in [-0.2, -0.15) is 0 Å². The fourth-order valence-electron chi connectivity index (χ4n) is 1.84. The Labute approximate surface area is 106 Å². The molecule has 0 aliphatic carbocycles. The molecule has 0 amide bonds. The molecule has 1 nitrogen and oxygen atoms in total. The quantitative estimate of drug-likeness (QED) is 0.648. The third kappa shape index (κ3) is 1.73. The van der Waals surface area contributed by atoms with Crippen molar-refractivity contribution in [2.45, 2.75) is 20.6 Å². The lowest BCUT2D eigenvalue weighted by atomic mass is 9.98. The average Bonchev–Trinajstić information content (AvgIpc) is 2.37. The minimum Gasteiger partial charge on any atom is -0.201 e. The molecule has 1 heterocycles. The van der Waals surface area contributed by atoms with Gasteiger partial charge in [0.15, 0.2) is 6.20 Å². The molecule has 0 bridgehead atoms. The Morgan fingerprint density at radius 2 is 1.81 bits per heavy atom. The molecule has 0 atom stereocenters. The lowest BCUT2D eigenvalue weighted by Crippen LogP contribution is -2.31. The molecule has 16 heavy (non-hydrogen) atoms. The van der Waals surface area contributed by atoms with Crippen LogP contribution < -0.4 is 4.57 Å². The Bertz CT molecular complexity index is 700. The lowest BCUT2D eigenvalue weighted by molar-refractivity contribution is -0.660. The second-order valence-corrected chi connectivity index (χ2v) is 3.86. The minimum absolute atomic E-state index is 0.211. The summed E-state index contributed by atoms with van der Waals surface area (Å²) in [6.45, 7) is -2.78. The van der Waals surface area contributed by atoms with E-state index in [1.807, 2.05) is 0 Å². The summed E-state index contributed by atoms with van der Waals surface area (Å²) in [7, 11) is 1.76. The van der Waals surface area contributed by atoms with Crippen LogP contribution in [0.4, 0.5) is 0 Å². The third-order valence-corrected chi connectivity index (χ3v) is 2.77. The van der Waals surface area contributed by atoms with Crippen LogP contribution in [0.5, 0.6) is 0 Å². The zero-order valence-corrected chi connectivity index (χ0v) is 9.41. The molecule has 1 aromatic carbocycles. The largest absolute Gasteiger partial charge is 0.215 e. The van der Waals surface area contributed by atoms with Gasteiger partial charge in [-0.25, -0.2) is 4.57 Å². The van der Waals surface area contributed by atoms with Crippen molar-refractivity contribution in [2.75, 3.05) is 0 Å². The SMILES string of the molecule is [2H]C([2H])([2H])c1cccc(-c2c(C([2H])([2H])[2H])ccc[n+]2C)c1C. The van der Waals surface area contributed by atoms with E-state index in [0.717, 1.165) is 0 Å². The Hall–Kier alpha value is -1.63.